The van der Waals surface area contributed by atoms with Gasteiger partial charge < -0.3 is 5.11 Å². The summed E-state index contributed by atoms with van der Waals surface area (Å²) in [7, 11) is -1.34. The minimum Gasteiger partial charge on any atom is -0.363 e. The van der Waals surface area contributed by atoms with Crippen molar-refractivity contribution in [3.63, 3.8) is 0 Å². The Morgan fingerprint density at radius 2 is 1.85 bits per heavy atom. The van der Waals surface area contributed by atoms with Crippen LogP contribution in [0.2, 0.25) is 0 Å². The van der Waals surface area contributed by atoms with E-state index in [0.717, 1.165) is 12.8 Å². The van der Waals surface area contributed by atoms with E-state index < -0.39 is 27.4 Å². The molecule has 1 saturated heterocycles. The van der Waals surface area contributed by atoms with Crippen LogP contribution in [0.1, 0.15) is 40.0 Å². The summed E-state index contributed by atoms with van der Waals surface area (Å²) in [5.41, 5.74) is -0.475. The highest BCUT2D eigenvalue weighted by molar-refractivity contribution is 7.85. The lowest BCUT2D eigenvalue weighted by Gasteiger charge is -2.44. The lowest BCUT2D eigenvalue weighted by Crippen LogP contribution is -2.55. The smallest absolute Gasteiger partial charge is 0.211 e. The van der Waals surface area contributed by atoms with E-state index in [1.807, 2.05) is 32.0 Å². The van der Waals surface area contributed by atoms with E-state index in [-0.39, 0.29) is 0 Å². The highest BCUT2D eigenvalue weighted by atomic mass is 32.2. The molecule has 3 atom stereocenters. The lowest BCUT2D eigenvalue weighted by molar-refractivity contribution is -0.479. The van der Waals surface area contributed by atoms with Gasteiger partial charge in [0.1, 0.15) is 5.60 Å². The van der Waals surface area contributed by atoms with Crippen LogP contribution in [0, 0.1) is 0 Å². The summed E-state index contributed by atoms with van der Waals surface area (Å²) in [5, 5.41) is 9.83. The molecule has 0 saturated carbocycles. The second-order valence-corrected chi connectivity index (χ2v) is 7.05. The number of hydrogen-bond donors (Lipinski definition) is 1. The molecular formula is C15H22O4S. The summed E-state index contributed by atoms with van der Waals surface area (Å²) in [6.07, 6.45) is 2.01. The summed E-state index contributed by atoms with van der Waals surface area (Å²) in [4.78, 5) is 11.3. The van der Waals surface area contributed by atoms with Gasteiger partial charge in [-0.15, -0.1) is 0 Å². The average Bonchev–Trinajstić information content (AvgIpc) is 2.48. The van der Waals surface area contributed by atoms with Gasteiger partial charge in [0.15, 0.2) is 0 Å². The fourth-order valence-corrected chi connectivity index (χ4v) is 4.08. The zero-order valence-corrected chi connectivity index (χ0v) is 13.0. The molecule has 112 valence electrons. The van der Waals surface area contributed by atoms with Crippen LogP contribution in [-0.2, 0) is 20.6 Å². The highest BCUT2D eigenvalue weighted by Gasteiger charge is 2.50. The van der Waals surface area contributed by atoms with Gasteiger partial charge in [0.25, 0.3) is 0 Å². The van der Waals surface area contributed by atoms with E-state index in [4.69, 9.17) is 9.78 Å². The van der Waals surface area contributed by atoms with E-state index in [0.29, 0.717) is 11.3 Å². The lowest BCUT2D eigenvalue weighted by atomic mass is 9.89. The van der Waals surface area contributed by atoms with Gasteiger partial charge in [-0.3, -0.25) is 4.21 Å². The van der Waals surface area contributed by atoms with Crippen molar-refractivity contribution in [2.45, 2.75) is 61.6 Å². The molecule has 0 aliphatic carbocycles. The normalized spacial score (nSPS) is 30.9. The summed E-state index contributed by atoms with van der Waals surface area (Å²) in [6.45, 7) is 5.53. The second kappa shape index (κ2) is 5.93. The van der Waals surface area contributed by atoms with Gasteiger partial charge in [-0.2, -0.15) is 4.89 Å². The Hall–Kier alpha value is -0.750. The molecule has 1 aromatic rings. The second-order valence-electron chi connectivity index (χ2n) is 5.41. The van der Waals surface area contributed by atoms with E-state index in [9.17, 15) is 9.32 Å². The largest absolute Gasteiger partial charge is 0.363 e. The van der Waals surface area contributed by atoms with Crippen molar-refractivity contribution < 1.29 is 19.1 Å². The van der Waals surface area contributed by atoms with E-state index in [2.05, 4.69) is 0 Å². The van der Waals surface area contributed by atoms with Gasteiger partial charge in [-0.25, -0.2) is 4.89 Å². The number of aliphatic hydroxyl groups is 1. The molecule has 0 spiro atoms. The van der Waals surface area contributed by atoms with Crippen molar-refractivity contribution in [3.05, 3.63) is 30.3 Å². The molecule has 1 aliphatic heterocycles. The first-order chi connectivity index (χ1) is 9.44. The molecule has 20 heavy (non-hydrogen) atoms. The van der Waals surface area contributed by atoms with Gasteiger partial charge in [0, 0.05) is 4.90 Å². The van der Waals surface area contributed by atoms with Crippen molar-refractivity contribution in [2.75, 3.05) is 0 Å². The summed E-state index contributed by atoms with van der Waals surface area (Å²) in [6, 6.07) is 9.17. The van der Waals surface area contributed by atoms with Crippen LogP contribution in [0.3, 0.4) is 0 Å². The molecule has 2 rings (SSSR count). The number of hydrogen-bond acceptors (Lipinski definition) is 4. The zero-order chi connectivity index (χ0) is 14.8. The maximum Gasteiger partial charge on any atom is 0.211 e. The molecule has 0 radical (unpaired) electrons. The van der Waals surface area contributed by atoms with E-state index >= 15 is 0 Å². The number of benzene rings is 1. The van der Waals surface area contributed by atoms with Crippen LogP contribution in [0.15, 0.2) is 35.2 Å². The van der Waals surface area contributed by atoms with Crippen molar-refractivity contribution >= 4 is 10.8 Å². The molecule has 4 nitrogen and oxygen atoms in total. The molecule has 0 aromatic heterocycles. The quantitative estimate of drug-likeness (QED) is 0.868. The molecule has 1 heterocycles. The van der Waals surface area contributed by atoms with Gasteiger partial charge in [-0.1, -0.05) is 32.0 Å². The molecular weight excluding hydrogens is 276 g/mol. The van der Waals surface area contributed by atoms with Crippen LogP contribution >= 0.6 is 0 Å². The molecule has 0 bridgehead atoms. The zero-order valence-electron chi connectivity index (χ0n) is 12.2. The Morgan fingerprint density at radius 1 is 1.25 bits per heavy atom. The van der Waals surface area contributed by atoms with Gasteiger partial charge >= 0.3 is 0 Å². The predicted molar refractivity (Wildman–Crippen MR) is 77.4 cm³/mol. The molecule has 1 fully saturated rings. The third kappa shape index (κ3) is 2.96. The number of rotatable bonds is 4. The SMILES string of the molecule is CCC1(CC)CC(S(=O)c2ccccc2)C(C)(O)OO1. The minimum atomic E-state index is -1.55. The Morgan fingerprint density at radius 3 is 2.40 bits per heavy atom. The van der Waals surface area contributed by atoms with Crippen molar-refractivity contribution in [1.82, 2.24) is 0 Å². The predicted octanol–water partition coefficient (Wildman–Crippen LogP) is 2.78. The molecule has 3 unspecified atom stereocenters. The fraction of sp³-hybridized carbons (Fsp3) is 0.600. The maximum atomic E-state index is 12.8. The monoisotopic (exact) mass is 298 g/mol. The Labute approximate surface area is 122 Å². The minimum absolute atomic E-state index is 0.475. The third-order valence-corrected chi connectivity index (χ3v) is 5.92. The topological polar surface area (TPSA) is 55.8 Å². The van der Waals surface area contributed by atoms with Gasteiger partial charge in [-0.05, 0) is 38.3 Å². The van der Waals surface area contributed by atoms with Crippen LogP contribution < -0.4 is 0 Å². The van der Waals surface area contributed by atoms with Crippen LogP contribution in [0.4, 0.5) is 0 Å². The highest BCUT2D eigenvalue weighted by Crippen LogP contribution is 2.40. The average molecular weight is 298 g/mol. The van der Waals surface area contributed by atoms with Gasteiger partial charge in [0.05, 0.1) is 16.0 Å². The maximum absolute atomic E-state index is 12.8. The molecule has 1 aliphatic rings. The van der Waals surface area contributed by atoms with Crippen LogP contribution in [0.5, 0.6) is 0 Å². The Kier molecular flexibility index (Phi) is 4.64. The van der Waals surface area contributed by atoms with Crippen molar-refractivity contribution in [1.29, 1.82) is 0 Å². The Bertz CT molecular complexity index is 468. The molecule has 5 heteroatoms. The molecule has 1 N–H and O–H groups in total. The van der Waals surface area contributed by atoms with E-state index in [1.54, 1.807) is 12.1 Å². The summed E-state index contributed by atoms with van der Waals surface area (Å²) < 4.78 is 12.8. The standard InChI is InChI=1S/C15H22O4S/c1-4-15(5-2)11-13(14(3,16)18-19-15)20(17)12-9-7-6-8-10-12/h6-10,13,16H,4-5,11H2,1-3H3. The van der Waals surface area contributed by atoms with E-state index in [1.165, 1.54) is 6.92 Å². The van der Waals surface area contributed by atoms with Crippen molar-refractivity contribution in [2.24, 2.45) is 0 Å². The van der Waals surface area contributed by atoms with Gasteiger partial charge in [0.2, 0.25) is 5.79 Å². The third-order valence-electron chi connectivity index (χ3n) is 4.06. The first-order valence-corrected chi connectivity index (χ1v) is 8.20. The van der Waals surface area contributed by atoms with Crippen LogP contribution in [0.25, 0.3) is 0 Å². The fourth-order valence-electron chi connectivity index (χ4n) is 2.44. The first kappa shape index (κ1) is 15.6. The van der Waals surface area contributed by atoms with Crippen molar-refractivity contribution in [3.8, 4) is 0 Å². The molecule has 1 aromatic carbocycles. The first-order valence-electron chi connectivity index (χ1n) is 6.99. The molecule has 0 amide bonds. The Balaban J connectivity index is 2.29. The summed E-state index contributed by atoms with van der Waals surface area (Å²) in [5.74, 6) is -1.55. The summed E-state index contributed by atoms with van der Waals surface area (Å²) >= 11 is 0. The van der Waals surface area contributed by atoms with Crippen LogP contribution in [-0.4, -0.2) is 26.0 Å².